The van der Waals surface area contributed by atoms with E-state index in [0.29, 0.717) is 0 Å². The monoisotopic (exact) mass is 446 g/mol. The lowest BCUT2D eigenvalue weighted by atomic mass is 9.75. The van der Waals surface area contributed by atoms with Crippen LogP contribution in [0.2, 0.25) is 0 Å². The molecule has 0 aromatic heterocycles. The number of nitrogens with zero attached hydrogens (tertiary/aromatic N) is 1. The summed E-state index contributed by atoms with van der Waals surface area (Å²) in [5.74, 6) is -3.00. The molecule has 11 heteroatoms. The van der Waals surface area contributed by atoms with E-state index in [1.54, 1.807) is 0 Å². The van der Waals surface area contributed by atoms with Crippen molar-refractivity contribution in [2.45, 2.75) is 36.9 Å². The predicted octanol–water partition coefficient (Wildman–Crippen LogP) is 2.77. The van der Waals surface area contributed by atoms with Crippen LogP contribution in [0.5, 0.6) is 0 Å². The molecule has 162 valence electrons. The number of halogens is 4. The molecule has 1 aromatic rings. The first kappa shape index (κ1) is 23.6. The number of carbonyl (C=O) groups is 1. The van der Waals surface area contributed by atoms with Gasteiger partial charge in [-0.1, -0.05) is 0 Å². The molecule has 0 heterocycles. The van der Waals surface area contributed by atoms with Crippen LogP contribution >= 0.6 is 0 Å². The minimum Gasteiger partial charge on any atom is -0.379 e. The Kier molecular flexibility index (Phi) is 6.16. The van der Waals surface area contributed by atoms with Crippen LogP contribution in [-0.2, 0) is 14.6 Å². The molecule has 0 fully saturated rings. The van der Waals surface area contributed by atoms with E-state index in [0.717, 1.165) is 50.3 Å². The van der Waals surface area contributed by atoms with Gasteiger partial charge in [-0.3, -0.25) is 4.79 Å². The molecule has 6 nitrogen and oxygen atoms in total. The van der Waals surface area contributed by atoms with Crippen molar-refractivity contribution < 1.29 is 35.9 Å². The Morgan fingerprint density at radius 3 is 2.33 bits per heavy atom. The second-order valence-corrected chi connectivity index (χ2v) is 9.32. The predicted molar refractivity (Wildman–Crippen MR) is 97.8 cm³/mol. The summed E-state index contributed by atoms with van der Waals surface area (Å²) in [5.41, 5.74) is -5.83. The fourth-order valence-electron chi connectivity index (χ4n) is 2.84. The quantitative estimate of drug-likeness (QED) is 0.534. The van der Waals surface area contributed by atoms with Crippen LogP contribution in [0, 0.1) is 22.6 Å². The van der Waals surface area contributed by atoms with Crippen molar-refractivity contribution in [1.82, 2.24) is 5.32 Å². The van der Waals surface area contributed by atoms with Gasteiger partial charge in [-0.2, -0.15) is 18.4 Å². The fourth-order valence-corrected chi connectivity index (χ4v) is 4.43. The molecule has 1 aromatic carbocycles. The van der Waals surface area contributed by atoms with Crippen molar-refractivity contribution in [2.24, 2.45) is 5.41 Å². The smallest absolute Gasteiger partial charge is 0.379 e. The first-order valence-corrected chi connectivity index (χ1v) is 10.2. The van der Waals surface area contributed by atoms with Gasteiger partial charge in [-0.25, -0.2) is 12.8 Å². The molecule has 2 unspecified atom stereocenters. The van der Waals surface area contributed by atoms with E-state index >= 15 is 0 Å². The maximum atomic E-state index is 13.5. The molecule has 0 aliphatic heterocycles. The number of nitriles is 1. The number of amides is 1. The highest BCUT2D eigenvalue weighted by molar-refractivity contribution is 7.91. The summed E-state index contributed by atoms with van der Waals surface area (Å²) in [5, 5.41) is 21.5. The minimum absolute atomic E-state index is 0.238. The highest BCUT2D eigenvalue weighted by Gasteiger charge is 2.55. The fraction of sp³-hybridized carbons (Fsp3) is 0.368. The number of hydrogen-bond donors (Lipinski definition) is 2. The van der Waals surface area contributed by atoms with Crippen molar-refractivity contribution in [3.05, 3.63) is 53.5 Å². The van der Waals surface area contributed by atoms with E-state index in [1.807, 2.05) is 0 Å². The molecular weight excluding hydrogens is 428 g/mol. The first-order chi connectivity index (χ1) is 13.6. The summed E-state index contributed by atoms with van der Waals surface area (Å²) in [6.45, 7) is 1.70. The summed E-state index contributed by atoms with van der Waals surface area (Å²) < 4.78 is 78.2. The zero-order valence-corrected chi connectivity index (χ0v) is 16.7. The summed E-state index contributed by atoms with van der Waals surface area (Å²) in [6.07, 6.45) is -3.55. The van der Waals surface area contributed by atoms with E-state index in [4.69, 9.17) is 5.26 Å². The molecule has 0 saturated heterocycles. The molecule has 2 rings (SSSR count). The highest BCUT2D eigenvalue weighted by Crippen LogP contribution is 2.49. The van der Waals surface area contributed by atoms with Crippen LogP contribution in [0.3, 0.4) is 0 Å². The summed E-state index contributed by atoms with van der Waals surface area (Å²) in [7, 11) is -4.21. The molecular formula is C19H18F4N2O4S. The van der Waals surface area contributed by atoms with Gasteiger partial charge in [0.25, 0.3) is 5.91 Å². The van der Waals surface area contributed by atoms with Gasteiger partial charge in [0, 0.05) is 17.7 Å². The second kappa shape index (κ2) is 7.85. The first-order valence-electron chi connectivity index (χ1n) is 8.53. The molecule has 1 aliphatic rings. The van der Waals surface area contributed by atoms with Crippen molar-refractivity contribution >= 4 is 15.7 Å². The third-order valence-electron chi connectivity index (χ3n) is 4.74. The Labute approximate surface area is 170 Å². The third-order valence-corrected chi connectivity index (χ3v) is 6.68. The van der Waals surface area contributed by atoms with Crippen molar-refractivity contribution in [1.29, 1.82) is 5.26 Å². The standard InChI is InChI=1S/C19H18F4N2O4S/c1-17(19(21,22)23)9-14(6-3-12(17)10-24)25-16(26)18(2,27)11-30(28,29)15-7-4-13(20)5-8-15/h3-8,27H,9,11H2,1-2H3,(H,25,26). The summed E-state index contributed by atoms with van der Waals surface area (Å²) >= 11 is 0. The topological polar surface area (TPSA) is 107 Å². The normalized spacial score (nSPS) is 21.7. The number of sulfone groups is 1. The van der Waals surface area contributed by atoms with E-state index in [9.17, 15) is 35.9 Å². The molecule has 0 bridgehead atoms. The SMILES string of the molecule is CC(O)(CS(=O)(=O)c1ccc(F)cc1)C(=O)NC1=CC=C(C#N)C(C)(C(F)(F)F)C1. The van der Waals surface area contributed by atoms with Crippen LogP contribution in [0.4, 0.5) is 17.6 Å². The second-order valence-electron chi connectivity index (χ2n) is 7.33. The van der Waals surface area contributed by atoms with Crippen LogP contribution in [0.25, 0.3) is 0 Å². The maximum Gasteiger partial charge on any atom is 0.399 e. The Bertz CT molecular complexity index is 1050. The Morgan fingerprint density at radius 2 is 1.83 bits per heavy atom. The number of aliphatic hydroxyl groups is 1. The lowest BCUT2D eigenvalue weighted by molar-refractivity contribution is -0.202. The van der Waals surface area contributed by atoms with Gasteiger partial charge in [0.2, 0.25) is 0 Å². The zero-order chi connectivity index (χ0) is 23.0. The average molecular weight is 446 g/mol. The molecule has 0 radical (unpaired) electrons. The van der Waals surface area contributed by atoms with Gasteiger partial charge in [0.15, 0.2) is 15.4 Å². The van der Waals surface area contributed by atoms with E-state index in [2.05, 4.69) is 5.32 Å². The zero-order valence-electron chi connectivity index (χ0n) is 15.9. The van der Waals surface area contributed by atoms with Crippen molar-refractivity contribution in [3.63, 3.8) is 0 Å². The van der Waals surface area contributed by atoms with E-state index in [-0.39, 0.29) is 10.6 Å². The van der Waals surface area contributed by atoms with Crippen LogP contribution in [0.15, 0.2) is 52.6 Å². The molecule has 1 aliphatic carbocycles. The van der Waals surface area contributed by atoms with Crippen molar-refractivity contribution in [2.75, 3.05) is 5.75 Å². The lowest BCUT2D eigenvalue weighted by Crippen LogP contribution is -2.50. The molecule has 30 heavy (non-hydrogen) atoms. The van der Waals surface area contributed by atoms with Crippen LogP contribution < -0.4 is 5.32 Å². The van der Waals surface area contributed by atoms with Gasteiger partial charge < -0.3 is 10.4 Å². The van der Waals surface area contributed by atoms with Crippen LogP contribution in [-0.4, -0.2) is 37.0 Å². The molecule has 2 atom stereocenters. The van der Waals surface area contributed by atoms with Gasteiger partial charge >= 0.3 is 6.18 Å². The average Bonchev–Trinajstić information content (AvgIpc) is 2.60. The van der Waals surface area contributed by atoms with Gasteiger partial charge in [-0.15, -0.1) is 0 Å². The van der Waals surface area contributed by atoms with E-state index < -0.39 is 56.5 Å². The number of hydrogen-bond acceptors (Lipinski definition) is 5. The Hall–Kier alpha value is -2.71. The third kappa shape index (κ3) is 4.71. The number of nitrogens with one attached hydrogen (secondary N) is 1. The van der Waals surface area contributed by atoms with Crippen molar-refractivity contribution in [3.8, 4) is 6.07 Å². The molecule has 0 saturated carbocycles. The number of allylic oxidation sites excluding steroid dienone is 4. The molecule has 0 spiro atoms. The number of alkyl halides is 3. The van der Waals surface area contributed by atoms with E-state index in [1.165, 1.54) is 6.07 Å². The summed E-state index contributed by atoms with van der Waals surface area (Å²) in [6, 6.07) is 5.20. The number of benzene rings is 1. The highest BCUT2D eigenvalue weighted by atomic mass is 32.2. The van der Waals surface area contributed by atoms with Gasteiger partial charge in [0.1, 0.15) is 11.2 Å². The minimum atomic E-state index is -4.78. The summed E-state index contributed by atoms with van der Waals surface area (Å²) in [4.78, 5) is 12.1. The maximum absolute atomic E-state index is 13.5. The van der Waals surface area contributed by atoms with Crippen LogP contribution in [0.1, 0.15) is 20.3 Å². The molecule has 1 amide bonds. The molecule has 2 N–H and O–H groups in total. The largest absolute Gasteiger partial charge is 0.399 e. The Morgan fingerprint density at radius 1 is 1.27 bits per heavy atom. The number of rotatable bonds is 5. The lowest BCUT2D eigenvalue weighted by Gasteiger charge is -2.35. The Balaban J connectivity index is 2.22. The van der Waals surface area contributed by atoms with Gasteiger partial charge in [-0.05, 0) is 50.3 Å². The number of carbonyl (C=O) groups excluding carboxylic acids is 1. The van der Waals surface area contributed by atoms with Gasteiger partial charge in [0.05, 0.1) is 16.7 Å².